The van der Waals surface area contributed by atoms with E-state index in [0.717, 1.165) is 16.7 Å². The maximum atomic E-state index is 14.7. The molecular formula is C53H52N6O9S. The second-order valence-electron chi connectivity index (χ2n) is 16.7. The predicted octanol–water partition coefficient (Wildman–Crippen LogP) is 4.66. The standard InChI is InChI=1S/C53H52N6O9S/c60-44-32-46(61)59-47(45-17-10-28-69-45)52(66)57-42(29-35-18-23-38(24-19-35)37-15-8-3-9-16-37)49(63)55-40(27-22-33-11-4-1-5-12-33)48(62)56-41(30-36-20-25-39(26-21-36)54-51(44)65)50(64)58-43(53(67)68)31-34-13-6-2-7-14-34/h1-21,23-26,28,40-44,47,60H,22,27,29-32H2,(H,54,65)(H,55,63)(H,56,62)(H,57,66)(H,58,64)(H,59,61)(H,67,68)/t40-,41+,42+,43+,44-,47?/m1/s1. The molecular weight excluding hydrogens is 897 g/mol. The summed E-state index contributed by atoms with van der Waals surface area (Å²) in [4.78, 5) is 97.5. The molecule has 0 saturated carbocycles. The van der Waals surface area contributed by atoms with E-state index in [0.29, 0.717) is 28.0 Å². The summed E-state index contributed by atoms with van der Waals surface area (Å²) >= 11 is 1.17. The average molecular weight is 949 g/mol. The SMILES string of the molecule is O=C1C[C@@H](O)C(=O)Nc2ccc(cc2)C[C@@H](C(=O)N[C@@H](Cc2ccccc2)C(=O)O)NC(=O)[C@@H](CCc2ccccc2)NC(=O)[C@H](Cc2ccc(-c3ccccc3)cc2)NC(=O)C(c2cccs2)N1. The van der Waals surface area contributed by atoms with E-state index < -0.39 is 84.1 Å². The van der Waals surface area contributed by atoms with Crippen LogP contribution in [0.4, 0.5) is 5.69 Å². The molecule has 15 nitrogen and oxygen atoms in total. The second-order valence-corrected chi connectivity index (χ2v) is 17.7. The molecule has 0 saturated heterocycles. The fourth-order valence-electron chi connectivity index (χ4n) is 7.86. The number of benzene rings is 5. The third kappa shape index (κ3) is 14.0. The Morgan fingerprint density at radius 1 is 0.609 bits per heavy atom. The van der Waals surface area contributed by atoms with Crippen LogP contribution in [0.25, 0.3) is 11.1 Å². The lowest BCUT2D eigenvalue weighted by atomic mass is 9.99. The average Bonchev–Trinajstić information content (AvgIpc) is 3.90. The fraction of sp³-hybridized carbons (Fsp3) is 0.226. The van der Waals surface area contributed by atoms with Crippen molar-refractivity contribution in [2.75, 3.05) is 5.32 Å². The summed E-state index contributed by atoms with van der Waals surface area (Å²) in [7, 11) is 0. The zero-order valence-electron chi connectivity index (χ0n) is 37.4. The number of carbonyl (C=O) groups is 7. The molecule has 1 aromatic heterocycles. The topological polar surface area (TPSA) is 232 Å². The minimum Gasteiger partial charge on any atom is -0.480 e. The third-order valence-electron chi connectivity index (χ3n) is 11.6. The van der Waals surface area contributed by atoms with Gasteiger partial charge in [-0.15, -0.1) is 11.3 Å². The highest BCUT2D eigenvalue weighted by Crippen LogP contribution is 2.23. The summed E-state index contributed by atoms with van der Waals surface area (Å²) in [5.74, 6) is -6.09. The van der Waals surface area contributed by atoms with E-state index in [1.54, 1.807) is 60.0 Å². The summed E-state index contributed by atoms with van der Waals surface area (Å²) in [6.07, 6.45) is -2.40. The van der Waals surface area contributed by atoms with Gasteiger partial charge in [-0.05, 0) is 69.8 Å². The molecule has 354 valence electrons. The summed E-state index contributed by atoms with van der Waals surface area (Å²) < 4.78 is 0. The lowest BCUT2D eigenvalue weighted by molar-refractivity contribution is -0.142. The maximum absolute atomic E-state index is 14.7. The molecule has 1 unspecified atom stereocenters. The van der Waals surface area contributed by atoms with Gasteiger partial charge < -0.3 is 42.1 Å². The van der Waals surface area contributed by atoms with Gasteiger partial charge in [0.15, 0.2) is 0 Å². The molecule has 6 aromatic rings. The number of aryl methyl sites for hydroxylation is 1. The maximum Gasteiger partial charge on any atom is 0.326 e. The van der Waals surface area contributed by atoms with Gasteiger partial charge >= 0.3 is 5.97 Å². The first-order valence-corrected chi connectivity index (χ1v) is 23.3. The first-order chi connectivity index (χ1) is 33.4. The molecule has 2 bridgehead atoms. The number of aliphatic carboxylic acids is 1. The van der Waals surface area contributed by atoms with E-state index in [4.69, 9.17) is 0 Å². The third-order valence-corrected chi connectivity index (χ3v) is 12.5. The number of carbonyl (C=O) groups excluding carboxylic acids is 6. The number of aliphatic hydroxyl groups excluding tert-OH is 1. The highest BCUT2D eigenvalue weighted by molar-refractivity contribution is 7.10. The minimum atomic E-state index is -1.82. The monoisotopic (exact) mass is 948 g/mol. The van der Waals surface area contributed by atoms with Gasteiger partial charge in [-0.1, -0.05) is 133 Å². The van der Waals surface area contributed by atoms with E-state index in [1.807, 2.05) is 84.9 Å². The Balaban J connectivity index is 1.24. The van der Waals surface area contributed by atoms with Gasteiger partial charge in [-0.25, -0.2) is 4.79 Å². The Bertz CT molecular complexity index is 2710. The van der Waals surface area contributed by atoms with Crippen molar-refractivity contribution < 1.29 is 43.8 Å². The molecule has 0 spiro atoms. The number of hydrogen-bond acceptors (Lipinski definition) is 9. The van der Waals surface area contributed by atoms with Crippen LogP contribution in [0, 0.1) is 0 Å². The lowest BCUT2D eigenvalue weighted by Gasteiger charge is -2.27. The van der Waals surface area contributed by atoms with Crippen LogP contribution in [-0.4, -0.2) is 81.9 Å². The van der Waals surface area contributed by atoms with Crippen molar-refractivity contribution in [2.45, 2.75) is 74.8 Å². The number of thiophene rings is 1. The van der Waals surface area contributed by atoms with Gasteiger partial charge in [0.1, 0.15) is 36.3 Å². The number of fused-ring (bicyclic) bond motifs is 18. The van der Waals surface area contributed by atoms with E-state index in [2.05, 4.69) is 31.9 Å². The van der Waals surface area contributed by atoms with Crippen LogP contribution in [0.15, 0.2) is 157 Å². The van der Waals surface area contributed by atoms with E-state index in [-0.39, 0.29) is 31.4 Å². The van der Waals surface area contributed by atoms with Crippen molar-refractivity contribution in [3.05, 3.63) is 184 Å². The molecule has 16 heteroatoms. The fourth-order valence-corrected chi connectivity index (χ4v) is 8.63. The van der Waals surface area contributed by atoms with Crippen molar-refractivity contribution in [3.8, 4) is 11.1 Å². The summed E-state index contributed by atoms with van der Waals surface area (Å²) in [5, 5.41) is 39.0. The molecule has 8 rings (SSSR count). The molecule has 0 fully saturated rings. The second kappa shape index (κ2) is 23.7. The molecule has 5 aromatic carbocycles. The molecule has 2 aliphatic rings. The Morgan fingerprint density at radius 2 is 1.22 bits per heavy atom. The smallest absolute Gasteiger partial charge is 0.326 e. The lowest BCUT2D eigenvalue weighted by Crippen LogP contribution is -2.59. The number of aliphatic hydroxyl groups is 1. The molecule has 69 heavy (non-hydrogen) atoms. The van der Waals surface area contributed by atoms with Gasteiger partial charge in [-0.2, -0.15) is 0 Å². The quantitative estimate of drug-likeness (QED) is 0.0797. The molecule has 3 heterocycles. The number of carboxylic acids is 1. The molecule has 0 radical (unpaired) electrons. The Labute approximate surface area is 402 Å². The van der Waals surface area contributed by atoms with Crippen LogP contribution in [-0.2, 0) is 59.2 Å². The number of anilines is 1. The van der Waals surface area contributed by atoms with E-state index in [9.17, 15) is 43.8 Å². The van der Waals surface area contributed by atoms with Gasteiger partial charge in [0.05, 0.1) is 6.42 Å². The Morgan fingerprint density at radius 3 is 1.86 bits per heavy atom. The van der Waals surface area contributed by atoms with Crippen molar-refractivity contribution in [1.29, 1.82) is 0 Å². The van der Waals surface area contributed by atoms with Crippen molar-refractivity contribution in [3.63, 3.8) is 0 Å². The number of hydrogen-bond donors (Lipinski definition) is 8. The van der Waals surface area contributed by atoms with Gasteiger partial charge in [-0.3, -0.25) is 28.8 Å². The zero-order valence-corrected chi connectivity index (χ0v) is 38.2. The van der Waals surface area contributed by atoms with Gasteiger partial charge in [0, 0.05) is 29.8 Å². The van der Waals surface area contributed by atoms with Crippen LogP contribution >= 0.6 is 11.3 Å². The van der Waals surface area contributed by atoms with Crippen LogP contribution in [0.5, 0.6) is 0 Å². The Hall–Kier alpha value is -7.95. The van der Waals surface area contributed by atoms with Crippen molar-refractivity contribution in [2.24, 2.45) is 0 Å². The summed E-state index contributed by atoms with van der Waals surface area (Å²) in [6, 6.07) is 37.9. The van der Waals surface area contributed by atoms with Gasteiger partial charge in [0.2, 0.25) is 29.5 Å². The highest BCUT2D eigenvalue weighted by Gasteiger charge is 2.34. The van der Waals surface area contributed by atoms with Crippen LogP contribution in [0.3, 0.4) is 0 Å². The number of carboxylic acid groups (broad SMARTS) is 1. The molecule has 8 N–H and O–H groups in total. The minimum absolute atomic E-state index is 0.0465. The largest absolute Gasteiger partial charge is 0.480 e. The molecule has 6 atom stereocenters. The number of nitrogens with one attached hydrogen (secondary N) is 6. The predicted molar refractivity (Wildman–Crippen MR) is 260 cm³/mol. The van der Waals surface area contributed by atoms with Crippen LogP contribution < -0.4 is 31.9 Å². The summed E-state index contributed by atoms with van der Waals surface area (Å²) in [6.45, 7) is 0. The molecule has 0 aliphatic carbocycles. The van der Waals surface area contributed by atoms with Crippen LogP contribution in [0.1, 0.15) is 46.0 Å². The molecule has 2 aliphatic heterocycles. The first-order valence-electron chi connectivity index (χ1n) is 22.5. The number of rotatable bonds is 12. The van der Waals surface area contributed by atoms with Crippen molar-refractivity contribution in [1.82, 2.24) is 26.6 Å². The zero-order chi connectivity index (χ0) is 48.7. The van der Waals surface area contributed by atoms with E-state index in [1.165, 1.54) is 23.5 Å². The van der Waals surface area contributed by atoms with E-state index >= 15 is 0 Å². The summed E-state index contributed by atoms with van der Waals surface area (Å²) in [5.41, 5.74) is 4.80. The normalized spacial score (nSPS) is 19.9. The van der Waals surface area contributed by atoms with Crippen LogP contribution in [0.2, 0.25) is 0 Å². The first kappa shape index (κ1) is 49.0. The molecule has 6 amide bonds. The van der Waals surface area contributed by atoms with Gasteiger partial charge in [0.25, 0.3) is 5.91 Å². The highest BCUT2D eigenvalue weighted by atomic mass is 32.1. The number of amides is 6. The Kier molecular flexibility index (Phi) is 16.8. The van der Waals surface area contributed by atoms with Crippen molar-refractivity contribution >= 4 is 58.4 Å².